The van der Waals surface area contributed by atoms with E-state index < -0.39 is 5.91 Å². The van der Waals surface area contributed by atoms with Crippen molar-refractivity contribution in [2.45, 2.75) is 25.3 Å². The van der Waals surface area contributed by atoms with Crippen LogP contribution >= 0.6 is 0 Å². The van der Waals surface area contributed by atoms with Crippen molar-refractivity contribution < 1.29 is 9.59 Å². The molecule has 6 nitrogen and oxygen atoms in total. The van der Waals surface area contributed by atoms with Gasteiger partial charge in [0.25, 0.3) is 0 Å². The second-order valence-corrected chi connectivity index (χ2v) is 5.47. The molecular formula is C13H24N4O2. The summed E-state index contributed by atoms with van der Waals surface area (Å²) in [5.74, 6) is -0.820. The maximum absolute atomic E-state index is 12.1. The SMILES string of the molecule is CN1CCCC(NC(=O)C(=O)N2CCCNCC2)C1. The van der Waals surface area contributed by atoms with Crippen molar-refractivity contribution in [2.75, 3.05) is 46.3 Å². The molecule has 2 aliphatic heterocycles. The van der Waals surface area contributed by atoms with E-state index in [0.29, 0.717) is 13.1 Å². The first-order valence-corrected chi connectivity index (χ1v) is 7.16. The van der Waals surface area contributed by atoms with Crippen molar-refractivity contribution in [2.24, 2.45) is 0 Å². The van der Waals surface area contributed by atoms with E-state index in [2.05, 4.69) is 15.5 Å². The molecular weight excluding hydrogens is 244 g/mol. The predicted molar refractivity (Wildman–Crippen MR) is 72.7 cm³/mol. The van der Waals surface area contributed by atoms with Crippen LogP contribution in [0.1, 0.15) is 19.3 Å². The number of likely N-dealkylation sites (N-methyl/N-ethyl adjacent to an activating group) is 1. The molecule has 0 radical (unpaired) electrons. The van der Waals surface area contributed by atoms with E-state index >= 15 is 0 Å². The molecule has 2 N–H and O–H groups in total. The summed E-state index contributed by atoms with van der Waals surface area (Å²) >= 11 is 0. The third kappa shape index (κ3) is 4.18. The van der Waals surface area contributed by atoms with Gasteiger partial charge in [0.2, 0.25) is 0 Å². The van der Waals surface area contributed by atoms with Gasteiger partial charge in [0.15, 0.2) is 0 Å². The average Bonchev–Trinajstić information content (AvgIpc) is 2.66. The van der Waals surface area contributed by atoms with E-state index in [4.69, 9.17) is 0 Å². The minimum Gasteiger partial charge on any atom is -0.344 e. The molecule has 0 saturated carbocycles. The highest BCUT2D eigenvalue weighted by Gasteiger charge is 2.26. The number of likely N-dealkylation sites (tertiary alicyclic amines) is 1. The number of nitrogens with zero attached hydrogens (tertiary/aromatic N) is 2. The Morgan fingerprint density at radius 3 is 2.79 bits per heavy atom. The lowest BCUT2D eigenvalue weighted by molar-refractivity contribution is -0.146. The van der Waals surface area contributed by atoms with Crippen molar-refractivity contribution in [3.8, 4) is 0 Å². The number of amides is 2. The Kier molecular flexibility index (Phi) is 5.15. The molecule has 19 heavy (non-hydrogen) atoms. The summed E-state index contributed by atoms with van der Waals surface area (Å²) < 4.78 is 0. The van der Waals surface area contributed by atoms with Gasteiger partial charge in [-0.2, -0.15) is 0 Å². The Morgan fingerprint density at radius 2 is 2.00 bits per heavy atom. The van der Waals surface area contributed by atoms with E-state index in [9.17, 15) is 9.59 Å². The van der Waals surface area contributed by atoms with E-state index in [1.54, 1.807) is 4.90 Å². The summed E-state index contributed by atoms with van der Waals surface area (Å²) in [6, 6.07) is 0.111. The first-order valence-electron chi connectivity index (χ1n) is 7.16. The Hall–Kier alpha value is -1.14. The summed E-state index contributed by atoms with van der Waals surface area (Å²) in [6.07, 6.45) is 2.94. The second kappa shape index (κ2) is 6.86. The quantitative estimate of drug-likeness (QED) is 0.600. The van der Waals surface area contributed by atoms with E-state index in [-0.39, 0.29) is 11.9 Å². The van der Waals surface area contributed by atoms with E-state index in [1.807, 2.05) is 7.05 Å². The molecule has 6 heteroatoms. The van der Waals surface area contributed by atoms with Gasteiger partial charge in [-0.3, -0.25) is 9.59 Å². The Bertz CT molecular complexity index is 327. The summed E-state index contributed by atoms with van der Waals surface area (Å²) in [5.41, 5.74) is 0. The molecule has 2 heterocycles. The summed E-state index contributed by atoms with van der Waals surface area (Å²) in [6.45, 7) is 4.88. The van der Waals surface area contributed by atoms with Gasteiger partial charge in [-0.25, -0.2) is 0 Å². The number of carbonyl (C=O) groups is 2. The Balaban J connectivity index is 1.82. The molecule has 2 amide bonds. The Morgan fingerprint density at radius 1 is 1.16 bits per heavy atom. The van der Waals surface area contributed by atoms with Crippen molar-refractivity contribution in [3.63, 3.8) is 0 Å². The predicted octanol–water partition coefficient (Wildman–Crippen LogP) is -0.981. The lowest BCUT2D eigenvalue weighted by Gasteiger charge is -2.30. The van der Waals surface area contributed by atoms with Crippen LogP contribution in [0.3, 0.4) is 0 Å². The van der Waals surface area contributed by atoms with Crippen molar-refractivity contribution in [3.05, 3.63) is 0 Å². The van der Waals surface area contributed by atoms with Crippen molar-refractivity contribution in [1.82, 2.24) is 20.4 Å². The topological polar surface area (TPSA) is 64.7 Å². The minimum atomic E-state index is -0.442. The fourth-order valence-corrected chi connectivity index (χ4v) is 2.72. The number of piperidine rings is 1. The first kappa shape index (κ1) is 14.3. The van der Waals surface area contributed by atoms with Crippen LogP contribution in [0, 0.1) is 0 Å². The third-order valence-corrected chi connectivity index (χ3v) is 3.78. The fraction of sp³-hybridized carbons (Fsp3) is 0.846. The first-order chi connectivity index (χ1) is 9.16. The number of hydrogen-bond donors (Lipinski definition) is 2. The maximum Gasteiger partial charge on any atom is 0.311 e. The zero-order chi connectivity index (χ0) is 13.7. The smallest absolute Gasteiger partial charge is 0.311 e. The molecule has 2 saturated heterocycles. The Labute approximate surface area is 114 Å². The minimum absolute atomic E-state index is 0.111. The van der Waals surface area contributed by atoms with Gasteiger partial charge in [-0.1, -0.05) is 0 Å². The molecule has 0 aliphatic carbocycles. The molecule has 2 fully saturated rings. The third-order valence-electron chi connectivity index (χ3n) is 3.78. The molecule has 108 valence electrons. The molecule has 1 unspecified atom stereocenters. The average molecular weight is 268 g/mol. The summed E-state index contributed by atoms with van der Waals surface area (Å²) in [7, 11) is 2.04. The van der Waals surface area contributed by atoms with Crippen LogP contribution in [0.5, 0.6) is 0 Å². The van der Waals surface area contributed by atoms with Crippen molar-refractivity contribution in [1.29, 1.82) is 0 Å². The van der Waals surface area contributed by atoms with Gasteiger partial charge in [0.1, 0.15) is 0 Å². The molecule has 2 aliphatic rings. The van der Waals surface area contributed by atoms with E-state index in [0.717, 1.165) is 45.4 Å². The van der Waals surface area contributed by atoms with Gasteiger partial charge in [-0.05, 0) is 39.4 Å². The van der Waals surface area contributed by atoms with Crippen LogP contribution in [0.2, 0.25) is 0 Å². The molecule has 1 atom stereocenters. The number of hydrogen-bond acceptors (Lipinski definition) is 4. The lowest BCUT2D eigenvalue weighted by atomic mass is 10.1. The van der Waals surface area contributed by atoms with Crippen LogP contribution in [-0.4, -0.2) is 74.0 Å². The highest BCUT2D eigenvalue weighted by atomic mass is 16.2. The lowest BCUT2D eigenvalue weighted by Crippen LogP contribution is -2.51. The molecule has 0 aromatic heterocycles. The zero-order valence-electron chi connectivity index (χ0n) is 11.7. The zero-order valence-corrected chi connectivity index (χ0v) is 11.7. The molecule has 0 aromatic rings. The highest BCUT2D eigenvalue weighted by Crippen LogP contribution is 2.08. The van der Waals surface area contributed by atoms with Gasteiger partial charge in [0.05, 0.1) is 0 Å². The standard InChI is InChI=1S/C13H24N4O2/c1-16-7-2-4-11(10-16)15-12(18)13(19)17-8-3-5-14-6-9-17/h11,14H,2-10H2,1H3,(H,15,18). The van der Waals surface area contributed by atoms with Crippen molar-refractivity contribution >= 4 is 11.8 Å². The largest absolute Gasteiger partial charge is 0.344 e. The monoisotopic (exact) mass is 268 g/mol. The van der Waals surface area contributed by atoms with Crippen LogP contribution in [0.15, 0.2) is 0 Å². The second-order valence-electron chi connectivity index (χ2n) is 5.47. The van der Waals surface area contributed by atoms with E-state index in [1.165, 1.54) is 0 Å². The maximum atomic E-state index is 12.1. The van der Waals surface area contributed by atoms with Gasteiger partial charge >= 0.3 is 11.8 Å². The number of nitrogens with one attached hydrogen (secondary N) is 2. The van der Waals surface area contributed by atoms with Crippen LogP contribution in [0.25, 0.3) is 0 Å². The summed E-state index contributed by atoms with van der Waals surface area (Å²) in [5, 5.41) is 6.10. The van der Waals surface area contributed by atoms with Gasteiger partial charge < -0.3 is 20.4 Å². The molecule has 2 rings (SSSR count). The molecule has 0 bridgehead atoms. The van der Waals surface area contributed by atoms with Gasteiger partial charge in [-0.15, -0.1) is 0 Å². The fourth-order valence-electron chi connectivity index (χ4n) is 2.72. The van der Waals surface area contributed by atoms with Crippen LogP contribution < -0.4 is 10.6 Å². The van der Waals surface area contributed by atoms with Crippen LogP contribution in [0.4, 0.5) is 0 Å². The molecule has 0 spiro atoms. The normalized spacial score (nSPS) is 25.7. The number of carbonyl (C=O) groups excluding carboxylic acids is 2. The number of rotatable bonds is 1. The highest BCUT2D eigenvalue weighted by molar-refractivity contribution is 6.35. The summed E-state index contributed by atoms with van der Waals surface area (Å²) in [4.78, 5) is 27.9. The van der Waals surface area contributed by atoms with Crippen LogP contribution in [-0.2, 0) is 9.59 Å². The van der Waals surface area contributed by atoms with Gasteiger partial charge in [0, 0.05) is 32.2 Å². The molecule has 0 aromatic carbocycles.